The van der Waals surface area contributed by atoms with Crippen LogP contribution in [0.5, 0.6) is 0 Å². The van der Waals surface area contributed by atoms with Gasteiger partial charge in [-0.05, 0) is 25.4 Å². The Kier molecular flexibility index (Phi) is 4.92. The predicted octanol–water partition coefficient (Wildman–Crippen LogP) is 1.53. The molecule has 7 heteroatoms. The van der Waals surface area contributed by atoms with Gasteiger partial charge in [0.15, 0.2) is 0 Å². The average molecular weight is 341 g/mol. The quantitative estimate of drug-likeness (QED) is 0.616. The van der Waals surface area contributed by atoms with E-state index in [4.69, 9.17) is 11.6 Å². The molecule has 1 aromatic heterocycles. The maximum Gasteiger partial charge on any atom is 0.254 e. The highest BCUT2D eigenvalue weighted by Crippen LogP contribution is 2.23. The fourth-order valence-electron chi connectivity index (χ4n) is 2.92. The summed E-state index contributed by atoms with van der Waals surface area (Å²) < 4.78 is 0. The van der Waals surface area contributed by atoms with Crippen LogP contribution in [0.25, 0.3) is 0 Å². The molecule has 0 radical (unpaired) electrons. The summed E-state index contributed by atoms with van der Waals surface area (Å²) in [6, 6.07) is 3.99. The first-order chi connectivity index (χ1) is 10.6. The maximum absolute atomic E-state index is 12.5. The van der Waals surface area contributed by atoms with Crippen molar-refractivity contribution >= 4 is 29.3 Å². The van der Waals surface area contributed by atoms with Gasteiger partial charge in [0.1, 0.15) is 5.15 Å². The standard InChI is InChI=1S/C15H21ClN4OS/c1-18-3-5-19(6-4-18)12-9-20(10-12)15(21)11-7-13(16)17-14(8-11)22-2/h7-8,12H,3-6,9-10H2,1-2H3. The Balaban J connectivity index is 1.58. The summed E-state index contributed by atoms with van der Waals surface area (Å²) in [5.41, 5.74) is 0.640. The van der Waals surface area contributed by atoms with E-state index < -0.39 is 0 Å². The Bertz CT molecular complexity index is 556. The molecule has 0 unspecified atom stereocenters. The van der Waals surface area contributed by atoms with E-state index in [1.54, 1.807) is 6.07 Å². The lowest BCUT2D eigenvalue weighted by Crippen LogP contribution is -2.63. The minimum absolute atomic E-state index is 0.0602. The zero-order chi connectivity index (χ0) is 15.7. The lowest BCUT2D eigenvalue weighted by molar-refractivity contribution is 0.0110. The molecule has 120 valence electrons. The zero-order valence-electron chi connectivity index (χ0n) is 13.0. The number of likely N-dealkylation sites (N-methyl/N-ethyl adjacent to an activating group) is 1. The number of amides is 1. The molecule has 0 atom stereocenters. The Morgan fingerprint density at radius 1 is 1.27 bits per heavy atom. The largest absolute Gasteiger partial charge is 0.335 e. The maximum atomic E-state index is 12.5. The second-order valence-electron chi connectivity index (χ2n) is 5.92. The number of pyridine rings is 1. The minimum Gasteiger partial charge on any atom is -0.335 e. The molecule has 1 aromatic rings. The first-order valence-electron chi connectivity index (χ1n) is 7.50. The highest BCUT2D eigenvalue weighted by molar-refractivity contribution is 7.98. The summed E-state index contributed by atoms with van der Waals surface area (Å²) in [6.07, 6.45) is 1.93. The van der Waals surface area contributed by atoms with E-state index >= 15 is 0 Å². The number of rotatable bonds is 3. The van der Waals surface area contributed by atoms with E-state index in [2.05, 4.69) is 21.8 Å². The summed E-state index contributed by atoms with van der Waals surface area (Å²) in [5, 5.41) is 1.17. The number of likely N-dealkylation sites (tertiary alicyclic amines) is 1. The van der Waals surface area contributed by atoms with Crippen molar-refractivity contribution in [2.45, 2.75) is 11.1 Å². The van der Waals surface area contributed by atoms with Gasteiger partial charge in [-0.15, -0.1) is 11.8 Å². The summed E-state index contributed by atoms with van der Waals surface area (Å²) in [7, 11) is 2.16. The molecule has 22 heavy (non-hydrogen) atoms. The molecular weight excluding hydrogens is 320 g/mol. The number of piperazine rings is 1. The van der Waals surface area contributed by atoms with Crippen molar-refractivity contribution < 1.29 is 4.79 Å². The fourth-order valence-corrected chi connectivity index (χ4v) is 3.62. The van der Waals surface area contributed by atoms with Gasteiger partial charge in [-0.3, -0.25) is 9.69 Å². The second kappa shape index (κ2) is 6.74. The normalized spacial score (nSPS) is 21.0. The van der Waals surface area contributed by atoms with Crippen molar-refractivity contribution in [3.05, 3.63) is 22.8 Å². The van der Waals surface area contributed by atoms with Crippen molar-refractivity contribution in [1.29, 1.82) is 0 Å². The Labute approximate surface area is 140 Å². The van der Waals surface area contributed by atoms with Gasteiger partial charge < -0.3 is 9.80 Å². The van der Waals surface area contributed by atoms with Crippen LogP contribution < -0.4 is 0 Å². The van der Waals surface area contributed by atoms with Gasteiger partial charge in [-0.25, -0.2) is 4.98 Å². The highest BCUT2D eigenvalue weighted by atomic mass is 35.5. The molecule has 0 N–H and O–H groups in total. The van der Waals surface area contributed by atoms with E-state index in [1.165, 1.54) is 11.8 Å². The topological polar surface area (TPSA) is 39.7 Å². The molecule has 0 saturated carbocycles. The molecule has 3 heterocycles. The first kappa shape index (κ1) is 16.1. The smallest absolute Gasteiger partial charge is 0.254 e. The number of halogens is 1. The van der Waals surface area contributed by atoms with Crippen molar-refractivity contribution in [3.63, 3.8) is 0 Å². The van der Waals surface area contributed by atoms with Crippen LogP contribution in [-0.2, 0) is 0 Å². The van der Waals surface area contributed by atoms with Crippen molar-refractivity contribution in [2.24, 2.45) is 0 Å². The molecule has 1 amide bonds. The van der Waals surface area contributed by atoms with Crippen LogP contribution in [0.1, 0.15) is 10.4 Å². The van der Waals surface area contributed by atoms with E-state index in [1.807, 2.05) is 17.2 Å². The Morgan fingerprint density at radius 2 is 1.95 bits per heavy atom. The lowest BCUT2D eigenvalue weighted by atomic mass is 10.0. The van der Waals surface area contributed by atoms with E-state index in [-0.39, 0.29) is 5.91 Å². The lowest BCUT2D eigenvalue weighted by Gasteiger charge is -2.47. The monoisotopic (exact) mass is 340 g/mol. The van der Waals surface area contributed by atoms with Gasteiger partial charge in [0.2, 0.25) is 0 Å². The third kappa shape index (κ3) is 3.40. The predicted molar refractivity (Wildman–Crippen MR) is 89.8 cm³/mol. The number of nitrogens with zero attached hydrogens (tertiary/aromatic N) is 4. The van der Waals surface area contributed by atoms with E-state index in [0.717, 1.165) is 44.3 Å². The third-order valence-electron chi connectivity index (χ3n) is 4.43. The number of hydrogen-bond donors (Lipinski definition) is 0. The second-order valence-corrected chi connectivity index (χ2v) is 7.14. The van der Waals surface area contributed by atoms with Gasteiger partial charge in [-0.2, -0.15) is 0 Å². The van der Waals surface area contributed by atoms with E-state index in [9.17, 15) is 4.79 Å². The molecule has 0 bridgehead atoms. The highest BCUT2D eigenvalue weighted by Gasteiger charge is 2.36. The van der Waals surface area contributed by atoms with Gasteiger partial charge in [0, 0.05) is 50.9 Å². The number of hydrogen-bond acceptors (Lipinski definition) is 5. The molecule has 2 saturated heterocycles. The molecule has 0 spiro atoms. The number of carbonyl (C=O) groups is 1. The molecule has 2 aliphatic heterocycles. The van der Waals surface area contributed by atoms with Gasteiger partial charge in [0.05, 0.1) is 5.03 Å². The molecular formula is C15H21ClN4OS. The van der Waals surface area contributed by atoms with Crippen LogP contribution >= 0.6 is 23.4 Å². The third-order valence-corrected chi connectivity index (χ3v) is 5.25. The molecule has 5 nitrogen and oxygen atoms in total. The zero-order valence-corrected chi connectivity index (χ0v) is 14.5. The van der Waals surface area contributed by atoms with Gasteiger partial charge >= 0.3 is 0 Å². The van der Waals surface area contributed by atoms with Crippen LogP contribution in [0.2, 0.25) is 5.15 Å². The van der Waals surface area contributed by atoms with E-state index in [0.29, 0.717) is 16.8 Å². The molecule has 0 aliphatic carbocycles. The summed E-state index contributed by atoms with van der Waals surface area (Å²) in [6.45, 7) is 6.05. The number of carbonyl (C=O) groups excluding carboxylic acids is 1. The summed E-state index contributed by atoms with van der Waals surface area (Å²) >= 11 is 7.49. The Hall–Kier alpha value is -0.820. The summed E-state index contributed by atoms with van der Waals surface area (Å²) in [5.74, 6) is 0.0602. The first-order valence-corrected chi connectivity index (χ1v) is 9.10. The average Bonchev–Trinajstić information content (AvgIpc) is 2.47. The fraction of sp³-hybridized carbons (Fsp3) is 0.600. The van der Waals surface area contributed by atoms with Gasteiger partial charge in [-0.1, -0.05) is 11.6 Å². The molecule has 0 aromatic carbocycles. The summed E-state index contributed by atoms with van der Waals surface area (Å²) in [4.78, 5) is 23.5. The van der Waals surface area contributed by atoms with Crippen LogP contribution in [0.4, 0.5) is 0 Å². The van der Waals surface area contributed by atoms with Crippen LogP contribution in [0.3, 0.4) is 0 Å². The number of aromatic nitrogens is 1. The minimum atomic E-state index is 0.0602. The van der Waals surface area contributed by atoms with Crippen molar-refractivity contribution in [2.75, 3.05) is 52.6 Å². The SMILES string of the molecule is CSc1cc(C(=O)N2CC(N3CCN(C)CC3)C2)cc(Cl)n1. The van der Waals surface area contributed by atoms with Crippen molar-refractivity contribution in [1.82, 2.24) is 19.7 Å². The number of thioether (sulfide) groups is 1. The molecule has 2 fully saturated rings. The molecule has 3 rings (SSSR count). The van der Waals surface area contributed by atoms with Crippen LogP contribution in [0.15, 0.2) is 17.2 Å². The molecule has 2 aliphatic rings. The Morgan fingerprint density at radius 3 is 2.59 bits per heavy atom. The van der Waals surface area contributed by atoms with Crippen molar-refractivity contribution in [3.8, 4) is 0 Å². The van der Waals surface area contributed by atoms with Crippen LogP contribution in [-0.4, -0.2) is 84.2 Å². The van der Waals surface area contributed by atoms with Crippen LogP contribution in [0, 0.1) is 0 Å². The van der Waals surface area contributed by atoms with Gasteiger partial charge in [0.25, 0.3) is 5.91 Å².